The van der Waals surface area contributed by atoms with Gasteiger partial charge in [0, 0.05) is 40.6 Å². The van der Waals surface area contributed by atoms with Gasteiger partial charge in [-0.25, -0.2) is 27.7 Å². The molecule has 0 radical (unpaired) electrons. The number of carbonyl (C=O) groups is 2. The molecule has 5 rings (SSSR count). The number of hydrogen-bond acceptors (Lipinski definition) is 8. The lowest BCUT2D eigenvalue weighted by atomic mass is 9.63. The minimum atomic E-state index is -3.98. The summed E-state index contributed by atoms with van der Waals surface area (Å²) in [7, 11) is -3.98. The number of benzene rings is 1. The molecule has 3 aromatic rings. The highest BCUT2D eigenvalue weighted by atomic mass is 32.2. The van der Waals surface area contributed by atoms with E-state index in [9.17, 15) is 18.0 Å². The van der Waals surface area contributed by atoms with Crippen LogP contribution in [0, 0.1) is 5.92 Å². The molecular weight excluding hydrogens is 637 g/mol. The van der Waals surface area contributed by atoms with Crippen LogP contribution in [0.2, 0.25) is 0 Å². The molecule has 4 N–H and O–H groups in total. The van der Waals surface area contributed by atoms with Crippen LogP contribution in [0.25, 0.3) is 10.4 Å². The molecule has 3 amide bonds. The van der Waals surface area contributed by atoms with Crippen LogP contribution in [-0.2, 0) is 14.8 Å². The maximum atomic E-state index is 13.8. The van der Waals surface area contributed by atoms with Crippen molar-refractivity contribution in [1.82, 2.24) is 25.3 Å². The van der Waals surface area contributed by atoms with Crippen molar-refractivity contribution in [3.63, 3.8) is 0 Å². The van der Waals surface area contributed by atoms with E-state index in [0.29, 0.717) is 22.9 Å². The fourth-order valence-corrected chi connectivity index (χ4v) is 9.66. The number of sulfonamides is 1. The quantitative estimate of drug-likeness (QED) is 0.188. The highest BCUT2D eigenvalue weighted by Crippen LogP contribution is 2.51. The van der Waals surface area contributed by atoms with Crippen molar-refractivity contribution in [2.45, 2.75) is 114 Å². The van der Waals surface area contributed by atoms with Crippen LogP contribution >= 0.6 is 11.3 Å². The second-order valence-electron chi connectivity index (χ2n) is 14.1. The summed E-state index contributed by atoms with van der Waals surface area (Å²) in [6.45, 7) is 10.9. The third-order valence-corrected chi connectivity index (χ3v) is 11.6. The Balaban J connectivity index is 1.38. The summed E-state index contributed by atoms with van der Waals surface area (Å²) in [5.41, 5.74) is 0.589. The molecular formula is C34H46N6O5S2. The SMILES string of the molecule is CC(C)OC(=O)NC12CCCC(C1)C(c1ncc(-c3ccc(NC(=O)N[C@H](C)c4ccccn4)cc3S(=O)(=O)NC(C)(C)C)s1)CC2. The fraction of sp³-hybridized carbons (Fsp3) is 0.529. The zero-order valence-electron chi connectivity index (χ0n) is 27.9. The molecule has 47 heavy (non-hydrogen) atoms. The number of ether oxygens (including phenoxy) is 1. The average molecular weight is 683 g/mol. The van der Waals surface area contributed by atoms with Crippen molar-refractivity contribution in [2.75, 3.05) is 5.32 Å². The van der Waals surface area contributed by atoms with E-state index < -0.39 is 21.6 Å². The van der Waals surface area contributed by atoms with Gasteiger partial charge in [0.05, 0.1) is 32.6 Å². The molecule has 4 atom stereocenters. The molecule has 13 heteroatoms. The number of nitrogens with zero attached hydrogens (tertiary/aromatic N) is 2. The second-order valence-corrected chi connectivity index (χ2v) is 16.8. The zero-order chi connectivity index (χ0) is 34.0. The van der Waals surface area contributed by atoms with E-state index in [1.54, 1.807) is 51.4 Å². The van der Waals surface area contributed by atoms with Gasteiger partial charge < -0.3 is 20.7 Å². The standard InChI is InChI=1S/C34H46N6O5S2/c1-21(2)45-32(42)39-34-15-9-10-23(19-34)25(14-16-34)30-36-20-28(46-30)26-13-12-24(18-29(26)47(43,44)40-33(4,5)6)38-31(41)37-22(3)27-11-7-8-17-35-27/h7-8,11-13,17-18,20-23,25,40H,9-10,14-16,19H2,1-6H3,(H,39,42)(H2,37,38,41)/t22-,23?,25?,34?/m1/s1. The largest absolute Gasteiger partial charge is 0.447 e. The van der Waals surface area contributed by atoms with Gasteiger partial charge in [0.25, 0.3) is 0 Å². The van der Waals surface area contributed by atoms with Crippen molar-refractivity contribution in [1.29, 1.82) is 0 Å². The van der Waals surface area contributed by atoms with Crippen LogP contribution in [0.4, 0.5) is 15.3 Å². The summed E-state index contributed by atoms with van der Waals surface area (Å²) in [6.07, 6.45) is 8.49. The number of pyridine rings is 1. The number of thiazole rings is 1. The Morgan fingerprint density at radius 3 is 2.55 bits per heavy atom. The number of hydrogen-bond donors (Lipinski definition) is 4. The van der Waals surface area contributed by atoms with Crippen molar-refractivity contribution in [2.24, 2.45) is 5.92 Å². The normalized spacial score (nSPS) is 21.9. The number of carbonyl (C=O) groups excluding carboxylic acids is 2. The summed E-state index contributed by atoms with van der Waals surface area (Å²) in [4.78, 5) is 35.3. The first-order valence-corrected chi connectivity index (χ1v) is 18.5. The minimum Gasteiger partial charge on any atom is -0.447 e. The van der Waals surface area contributed by atoms with Gasteiger partial charge in [-0.15, -0.1) is 11.3 Å². The molecule has 2 bridgehead atoms. The third kappa shape index (κ3) is 8.68. The van der Waals surface area contributed by atoms with Gasteiger partial charge in [-0.3, -0.25) is 4.98 Å². The van der Waals surface area contributed by atoms with Crippen LogP contribution in [0.15, 0.2) is 53.7 Å². The van der Waals surface area contributed by atoms with Gasteiger partial charge in [0.1, 0.15) is 0 Å². The van der Waals surface area contributed by atoms with Crippen molar-refractivity contribution in [3.8, 4) is 10.4 Å². The Hall–Kier alpha value is -3.55. The number of rotatable bonds is 9. The monoisotopic (exact) mass is 682 g/mol. The lowest BCUT2D eigenvalue weighted by molar-refractivity contribution is 0.0678. The summed E-state index contributed by atoms with van der Waals surface area (Å²) >= 11 is 1.51. The number of urea groups is 1. The molecule has 2 aliphatic carbocycles. The van der Waals surface area contributed by atoms with Crippen molar-refractivity contribution < 1.29 is 22.7 Å². The van der Waals surface area contributed by atoms with Crippen LogP contribution < -0.4 is 20.7 Å². The van der Waals surface area contributed by atoms with E-state index in [1.165, 1.54) is 17.4 Å². The van der Waals surface area contributed by atoms with Gasteiger partial charge in [0.2, 0.25) is 10.0 Å². The molecule has 2 fully saturated rings. The summed E-state index contributed by atoms with van der Waals surface area (Å²) < 4.78 is 35.7. The topological polar surface area (TPSA) is 151 Å². The lowest BCUT2D eigenvalue weighted by Gasteiger charge is -2.48. The summed E-state index contributed by atoms with van der Waals surface area (Å²) in [6, 6.07) is 9.57. The van der Waals surface area contributed by atoms with E-state index in [0.717, 1.165) is 48.4 Å². The highest BCUT2D eigenvalue weighted by molar-refractivity contribution is 7.89. The van der Waals surface area contributed by atoms with Crippen LogP contribution in [0.3, 0.4) is 0 Å². The number of aromatic nitrogens is 2. The maximum absolute atomic E-state index is 13.8. The van der Waals surface area contributed by atoms with Gasteiger partial charge in [-0.2, -0.15) is 0 Å². The first-order chi connectivity index (χ1) is 22.1. The van der Waals surface area contributed by atoms with Crippen LogP contribution in [0.5, 0.6) is 0 Å². The molecule has 11 nitrogen and oxygen atoms in total. The van der Waals surface area contributed by atoms with Crippen molar-refractivity contribution in [3.05, 3.63) is 59.5 Å². The zero-order valence-corrected chi connectivity index (χ0v) is 29.6. The van der Waals surface area contributed by atoms with E-state index in [-0.39, 0.29) is 34.6 Å². The lowest BCUT2D eigenvalue weighted by Crippen LogP contribution is -2.54. The smallest absolute Gasteiger partial charge is 0.407 e. The highest BCUT2D eigenvalue weighted by Gasteiger charge is 2.46. The first-order valence-electron chi connectivity index (χ1n) is 16.2. The van der Waals surface area contributed by atoms with E-state index in [2.05, 4.69) is 25.7 Å². The summed E-state index contributed by atoms with van der Waals surface area (Å²) in [5, 5.41) is 9.80. The van der Waals surface area contributed by atoms with E-state index in [1.807, 2.05) is 32.9 Å². The molecule has 1 aromatic carbocycles. The number of nitrogens with one attached hydrogen (secondary N) is 4. The Labute approximate surface area is 281 Å². The predicted molar refractivity (Wildman–Crippen MR) is 184 cm³/mol. The van der Waals surface area contributed by atoms with E-state index in [4.69, 9.17) is 9.72 Å². The van der Waals surface area contributed by atoms with Crippen LogP contribution in [-0.4, -0.2) is 47.7 Å². The Morgan fingerprint density at radius 1 is 1.06 bits per heavy atom. The Morgan fingerprint density at radius 2 is 1.85 bits per heavy atom. The molecule has 2 aliphatic rings. The third-order valence-electron chi connectivity index (χ3n) is 8.65. The number of amides is 3. The number of fused-ring (bicyclic) bond motifs is 2. The molecule has 2 saturated carbocycles. The molecule has 0 aliphatic heterocycles. The van der Waals surface area contributed by atoms with Gasteiger partial charge in [-0.05, 0) is 104 Å². The Kier molecular flexibility index (Phi) is 10.3. The van der Waals surface area contributed by atoms with Crippen molar-refractivity contribution >= 4 is 39.2 Å². The molecule has 3 unspecified atom stereocenters. The van der Waals surface area contributed by atoms with Gasteiger partial charge in [-0.1, -0.05) is 18.6 Å². The second kappa shape index (κ2) is 13.9. The van der Waals surface area contributed by atoms with E-state index >= 15 is 0 Å². The van der Waals surface area contributed by atoms with Gasteiger partial charge >= 0.3 is 12.1 Å². The summed E-state index contributed by atoms with van der Waals surface area (Å²) in [5.74, 6) is 0.587. The molecule has 0 spiro atoms. The first kappa shape index (κ1) is 34.8. The fourth-order valence-electron chi connectivity index (χ4n) is 6.75. The Bertz CT molecular complexity index is 1690. The predicted octanol–water partition coefficient (Wildman–Crippen LogP) is 7.11. The minimum absolute atomic E-state index is 0.0615. The maximum Gasteiger partial charge on any atom is 0.407 e. The average Bonchev–Trinajstić information content (AvgIpc) is 3.45. The molecule has 2 heterocycles. The molecule has 2 aromatic heterocycles. The van der Waals surface area contributed by atoms with Crippen LogP contribution in [0.1, 0.15) is 103 Å². The number of alkyl carbamates (subject to hydrolysis) is 1. The molecule has 254 valence electrons. The number of anilines is 1. The van der Waals surface area contributed by atoms with Gasteiger partial charge in [0.15, 0.2) is 0 Å². The molecule has 0 saturated heterocycles.